The second kappa shape index (κ2) is 4.99. The van der Waals surface area contributed by atoms with Crippen molar-refractivity contribution in [1.29, 1.82) is 0 Å². The van der Waals surface area contributed by atoms with Gasteiger partial charge >= 0.3 is 0 Å². The number of nitrogens with zero attached hydrogens (tertiary/aromatic N) is 1. The van der Waals surface area contributed by atoms with Gasteiger partial charge < -0.3 is 5.11 Å². The van der Waals surface area contributed by atoms with E-state index < -0.39 is 16.1 Å². The summed E-state index contributed by atoms with van der Waals surface area (Å²) in [4.78, 5) is 0.340. The van der Waals surface area contributed by atoms with Crippen LogP contribution in [0.4, 0.5) is 0 Å². The van der Waals surface area contributed by atoms with E-state index in [1.807, 2.05) is 13.0 Å². The molecule has 100 valence electrons. The SMILES string of the molecule is Cc1ccccc1S(=O)(=O)N1CCC(C)C(O)C1. The zero-order chi connectivity index (χ0) is 13.3. The number of piperidine rings is 1. The van der Waals surface area contributed by atoms with Crippen LogP contribution in [0.5, 0.6) is 0 Å². The summed E-state index contributed by atoms with van der Waals surface area (Å²) in [6, 6.07) is 6.95. The van der Waals surface area contributed by atoms with Crippen molar-refractivity contribution in [3.05, 3.63) is 29.8 Å². The third kappa shape index (κ3) is 2.43. The first-order chi connectivity index (χ1) is 8.43. The number of aryl methyl sites for hydroxylation is 1. The number of β-amino-alcohol motifs (C(OH)–C–C–N with tert-alkyl or cyclic N) is 1. The molecule has 1 aliphatic heterocycles. The first kappa shape index (κ1) is 13.5. The van der Waals surface area contributed by atoms with Gasteiger partial charge in [0.2, 0.25) is 10.0 Å². The Hall–Kier alpha value is -0.910. The molecule has 1 aliphatic rings. The number of hydrogen-bond acceptors (Lipinski definition) is 3. The third-order valence-corrected chi connectivity index (χ3v) is 5.62. The average molecular weight is 269 g/mol. The highest BCUT2D eigenvalue weighted by Crippen LogP contribution is 2.25. The van der Waals surface area contributed by atoms with Crippen LogP contribution in [0.1, 0.15) is 18.9 Å². The lowest BCUT2D eigenvalue weighted by molar-refractivity contribution is 0.0605. The summed E-state index contributed by atoms with van der Waals surface area (Å²) >= 11 is 0. The van der Waals surface area contributed by atoms with E-state index in [1.54, 1.807) is 25.1 Å². The average Bonchev–Trinajstić information content (AvgIpc) is 2.33. The van der Waals surface area contributed by atoms with Gasteiger partial charge in [-0.3, -0.25) is 0 Å². The van der Waals surface area contributed by atoms with Gasteiger partial charge in [-0.1, -0.05) is 25.1 Å². The van der Waals surface area contributed by atoms with Crippen LogP contribution in [0.15, 0.2) is 29.2 Å². The van der Waals surface area contributed by atoms with E-state index in [9.17, 15) is 13.5 Å². The maximum atomic E-state index is 12.5. The first-order valence-corrected chi connectivity index (χ1v) is 7.61. The minimum absolute atomic E-state index is 0.160. The molecule has 5 heteroatoms. The molecule has 1 fully saturated rings. The predicted molar refractivity (Wildman–Crippen MR) is 69.7 cm³/mol. The van der Waals surface area contributed by atoms with Crippen molar-refractivity contribution < 1.29 is 13.5 Å². The summed E-state index contributed by atoms with van der Waals surface area (Å²) in [5.41, 5.74) is 0.741. The molecule has 0 aromatic heterocycles. The largest absolute Gasteiger partial charge is 0.391 e. The van der Waals surface area contributed by atoms with Gasteiger partial charge in [0.1, 0.15) is 0 Å². The molecule has 0 amide bonds. The molecule has 0 bridgehead atoms. The Labute approximate surface area is 108 Å². The summed E-state index contributed by atoms with van der Waals surface area (Å²) in [5.74, 6) is 0.160. The Bertz CT molecular complexity index is 527. The number of sulfonamides is 1. The number of hydrogen-bond donors (Lipinski definition) is 1. The molecule has 0 spiro atoms. The standard InChI is InChI=1S/C13H19NO3S/c1-10-7-8-14(9-12(10)15)18(16,17)13-6-4-3-5-11(13)2/h3-6,10,12,15H,7-9H2,1-2H3. The highest BCUT2D eigenvalue weighted by atomic mass is 32.2. The molecule has 0 radical (unpaired) electrons. The summed E-state index contributed by atoms with van der Waals surface area (Å²) in [5, 5.41) is 9.82. The van der Waals surface area contributed by atoms with Gasteiger partial charge in [0.05, 0.1) is 11.0 Å². The lowest BCUT2D eigenvalue weighted by Gasteiger charge is -2.33. The smallest absolute Gasteiger partial charge is 0.243 e. The van der Waals surface area contributed by atoms with Crippen molar-refractivity contribution in [3.63, 3.8) is 0 Å². The zero-order valence-electron chi connectivity index (χ0n) is 10.7. The van der Waals surface area contributed by atoms with E-state index in [2.05, 4.69) is 0 Å². The van der Waals surface area contributed by atoms with Crippen molar-refractivity contribution in [2.75, 3.05) is 13.1 Å². The van der Waals surface area contributed by atoms with E-state index in [0.29, 0.717) is 17.9 Å². The zero-order valence-corrected chi connectivity index (χ0v) is 11.5. The minimum Gasteiger partial charge on any atom is -0.391 e. The number of benzene rings is 1. The number of aliphatic hydroxyl groups is 1. The van der Waals surface area contributed by atoms with Crippen molar-refractivity contribution in [2.24, 2.45) is 5.92 Å². The van der Waals surface area contributed by atoms with Crippen molar-refractivity contribution in [1.82, 2.24) is 4.31 Å². The predicted octanol–water partition coefficient (Wildman–Crippen LogP) is 1.39. The molecule has 2 rings (SSSR count). The fourth-order valence-corrected chi connectivity index (χ4v) is 3.92. The molecule has 1 aromatic rings. The summed E-state index contributed by atoms with van der Waals surface area (Å²) in [6.45, 7) is 4.41. The van der Waals surface area contributed by atoms with Crippen LogP contribution in [0.25, 0.3) is 0 Å². The summed E-state index contributed by atoms with van der Waals surface area (Å²) in [7, 11) is -3.48. The van der Waals surface area contributed by atoms with Crippen molar-refractivity contribution in [3.8, 4) is 0 Å². The molecule has 2 atom stereocenters. The maximum absolute atomic E-state index is 12.5. The number of rotatable bonds is 2. The maximum Gasteiger partial charge on any atom is 0.243 e. The molecule has 1 aromatic carbocycles. The Morgan fingerprint density at radius 3 is 2.61 bits per heavy atom. The lowest BCUT2D eigenvalue weighted by Crippen LogP contribution is -2.45. The quantitative estimate of drug-likeness (QED) is 0.882. The Morgan fingerprint density at radius 2 is 2.00 bits per heavy atom. The van der Waals surface area contributed by atoms with Crippen LogP contribution < -0.4 is 0 Å². The van der Waals surface area contributed by atoms with Crippen molar-refractivity contribution in [2.45, 2.75) is 31.3 Å². The lowest BCUT2D eigenvalue weighted by atomic mass is 9.98. The summed E-state index contributed by atoms with van der Waals surface area (Å²) in [6.07, 6.45) is 0.129. The van der Waals surface area contributed by atoms with Gasteiger partial charge in [-0.05, 0) is 30.9 Å². The van der Waals surface area contributed by atoms with E-state index in [1.165, 1.54) is 4.31 Å². The molecular weight excluding hydrogens is 250 g/mol. The molecular formula is C13H19NO3S. The molecule has 1 N–H and O–H groups in total. The van der Waals surface area contributed by atoms with Gasteiger partial charge in [0, 0.05) is 13.1 Å². The summed E-state index contributed by atoms with van der Waals surface area (Å²) < 4.78 is 26.3. The molecule has 1 saturated heterocycles. The molecule has 4 nitrogen and oxygen atoms in total. The normalized spacial score (nSPS) is 26.2. The first-order valence-electron chi connectivity index (χ1n) is 6.17. The Kier molecular flexibility index (Phi) is 3.75. The highest BCUT2D eigenvalue weighted by molar-refractivity contribution is 7.89. The molecule has 0 saturated carbocycles. The second-order valence-electron chi connectivity index (χ2n) is 4.96. The number of aliphatic hydroxyl groups excluding tert-OH is 1. The Morgan fingerprint density at radius 1 is 1.33 bits per heavy atom. The highest BCUT2D eigenvalue weighted by Gasteiger charge is 2.33. The van der Waals surface area contributed by atoms with Crippen LogP contribution in [0.3, 0.4) is 0 Å². The van der Waals surface area contributed by atoms with Crippen LogP contribution in [0.2, 0.25) is 0 Å². The van der Waals surface area contributed by atoms with Gasteiger partial charge in [0.15, 0.2) is 0 Å². The molecule has 18 heavy (non-hydrogen) atoms. The van der Waals surface area contributed by atoms with E-state index in [0.717, 1.165) is 5.56 Å². The van der Waals surface area contributed by atoms with E-state index in [-0.39, 0.29) is 12.5 Å². The van der Waals surface area contributed by atoms with Gasteiger partial charge in [0.25, 0.3) is 0 Å². The van der Waals surface area contributed by atoms with Crippen LogP contribution >= 0.6 is 0 Å². The Balaban J connectivity index is 2.30. The topological polar surface area (TPSA) is 57.6 Å². The second-order valence-corrected chi connectivity index (χ2v) is 6.87. The van der Waals surface area contributed by atoms with Gasteiger partial charge in [-0.15, -0.1) is 0 Å². The van der Waals surface area contributed by atoms with Crippen molar-refractivity contribution >= 4 is 10.0 Å². The fraction of sp³-hybridized carbons (Fsp3) is 0.538. The molecule has 1 heterocycles. The van der Waals surface area contributed by atoms with Crippen LogP contribution in [0, 0.1) is 12.8 Å². The van der Waals surface area contributed by atoms with E-state index in [4.69, 9.17) is 0 Å². The molecule has 0 aliphatic carbocycles. The van der Waals surface area contributed by atoms with Gasteiger partial charge in [-0.2, -0.15) is 4.31 Å². The minimum atomic E-state index is -3.48. The van der Waals surface area contributed by atoms with E-state index >= 15 is 0 Å². The molecule has 2 unspecified atom stereocenters. The van der Waals surface area contributed by atoms with Crippen LogP contribution in [-0.2, 0) is 10.0 Å². The third-order valence-electron chi connectivity index (χ3n) is 3.59. The van der Waals surface area contributed by atoms with Gasteiger partial charge in [-0.25, -0.2) is 8.42 Å². The van der Waals surface area contributed by atoms with Crippen LogP contribution in [-0.4, -0.2) is 37.0 Å². The monoisotopic (exact) mass is 269 g/mol. The fourth-order valence-electron chi connectivity index (χ4n) is 2.22.